The summed E-state index contributed by atoms with van der Waals surface area (Å²) in [6.45, 7) is 3.60. The van der Waals surface area contributed by atoms with Crippen LogP contribution in [0.3, 0.4) is 0 Å². The van der Waals surface area contributed by atoms with Crippen molar-refractivity contribution in [3.8, 4) is 11.4 Å². The smallest absolute Gasteiger partial charge is 0.161 e. The van der Waals surface area contributed by atoms with Gasteiger partial charge >= 0.3 is 0 Å². The largest absolute Gasteiger partial charge is 0.389 e. The lowest BCUT2D eigenvalue weighted by Crippen LogP contribution is -2.54. The van der Waals surface area contributed by atoms with Crippen molar-refractivity contribution in [1.82, 2.24) is 15.3 Å². The molecule has 5 nitrogen and oxygen atoms in total. The third kappa shape index (κ3) is 3.13. The maximum atomic E-state index is 11.1. The van der Waals surface area contributed by atoms with Crippen LogP contribution < -0.4 is 10.2 Å². The van der Waals surface area contributed by atoms with Crippen molar-refractivity contribution in [3.63, 3.8) is 0 Å². The standard InChI is InChI=1S/C22H28N4O/c27-22-10-5-4-8-17(22)15-26(13-11-22)21-18-9-12-23-14-19(18)24-20(25-21)16-6-2-1-3-7-16/h1-3,6-7,17,23,27H,4-5,8-15H2/t17-,22-/m0/s1. The number of nitrogens with one attached hydrogen (secondary N) is 1. The van der Waals surface area contributed by atoms with E-state index < -0.39 is 5.60 Å². The van der Waals surface area contributed by atoms with Crippen LogP contribution in [-0.2, 0) is 13.0 Å². The highest BCUT2D eigenvalue weighted by atomic mass is 16.3. The SMILES string of the molecule is O[C@]12CCCC[C@H]1CN(c1nc(-c3ccccc3)nc3c1CCNC3)CC2. The number of anilines is 1. The Morgan fingerprint density at radius 1 is 1.11 bits per heavy atom. The Bertz CT molecular complexity index is 825. The van der Waals surface area contributed by atoms with E-state index in [9.17, 15) is 5.11 Å². The molecule has 3 heterocycles. The summed E-state index contributed by atoms with van der Waals surface area (Å²) in [6, 6.07) is 10.3. The van der Waals surface area contributed by atoms with Crippen LogP contribution in [0.2, 0.25) is 0 Å². The molecule has 0 radical (unpaired) electrons. The van der Waals surface area contributed by atoms with E-state index in [2.05, 4.69) is 22.3 Å². The summed E-state index contributed by atoms with van der Waals surface area (Å²) in [4.78, 5) is 12.4. The molecule has 2 atom stereocenters. The van der Waals surface area contributed by atoms with Crippen molar-refractivity contribution in [3.05, 3.63) is 41.6 Å². The predicted octanol–water partition coefficient (Wildman–Crippen LogP) is 2.92. The highest BCUT2D eigenvalue weighted by Crippen LogP contribution is 2.41. The molecule has 0 bridgehead atoms. The summed E-state index contributed by atoms with van der Waals surface area (Å²) in [7, 11) is 0. The fraction of sp³-hybridized carbons (Fsp3) is 0.545. The second-order valence-electron chi connectivity index (χ2n) is 8.33. The number of piperidine rings is 1. The number of benzene rings is 1. The van der Waals surface area contributed by atoms with E-state index in [1.807, 2.05) is 18.2 Å². The molecule has 1 aromatic heterocycles. The topological polar surface area (TPSA) is 61.3 Å². The molecule has 5 rings (SSSR count). The zero-order valence-electron chi connectivity index (χ0n) is 15.8. The van der Waals surface area contributed by atoms with Gasteiger partial charge in [-0.1, -0.05) is 43.2 Å². The van der Waals surface area contributed by atoms with Crippen LogP contribution in [0.4, 0.5) is 5.82 Å². The average molecular weight is 364 g/mol. The molecule has 27 heavy (non-hydrogen) atoms. The van der Waals surface area contributed by atoms with Crippen molar-refractivity contribution < 1.29 is 5.11 Å². The second-order valence-corrected chi connectivity index (χ2v) is 8.33. The highest BCUT2D eigenvalue weighted by molar-refractivity contribution is 5.61. The van der Waals surface area contributed by atoms with Gasteiger partial charge in [-0.3, -0.25) is 0 Å². The molecule has 0 unspecified atom stereocenters. The number of aromatic nitrogens is 2. The Hall–Kier alpha value is -1.98. The fourth-order valence-corrected chi connectivity index (χ4v) is 5.08. The molecule has 3 aliphatic rings. The molecule has 2 N–H and O–H groups in total. The zero-order chi connectivity index (χ0) is 18.3. The fourth-order valence-electron chi connectivity index (χ4n) is 5.08. The van der Waals surface area contributed by atoms with E-state index in [0.717, 1.165) is 74.8 Å². The van der Waals surface area contributed by atoms with Gasteiger partial charge in [0.15, 0.2) is 5.82 Å². The molecule has 2 aromatic rings. The van der Waals surface area contributed by atoms with Gasteiger partial charge in [-0.05, 0) is 32.2 Å². The Morgan fingerprint density at radius 3 is 2.89 bits per heavy atom. The van der Waals surface area contributed by atoms with Gasteiger partial charge in [0, 0.05) is 36.7 Å². The summed E-state index contributed by atoms with van der Waals surface area (Å²) >= 11 is 0. The first-order valence-corrected chi connectivity index (χ1v) is 10.4. The van der Waals surface area contributed by atoms with Gasteiger partial charge < -0.3 is 15.3 Å². The lowest BCUT2D eigenvalue weighted by molar-refractivity contribution is -0.0613. The summed E-state index contributed by atoms with van der Waals surface area (Å²) in [5.74, 6) is 2.29. The molecule has 0 amide bonds. The Morgan fingerprint density at radius 2 is 2.00 bits per heavy atom. The van der Waals surface area contributed by atoms with Crippen LogP contribution in [0, 0.1) is 5.92 Å². The average Bonchev–Trinajstić information content (AvgIpc) is 2.73. The Kier molecular flexibility index (Phi) is 4.37. The van der Waals surface area contributed by atoms with Gasteiger partial charge in [0.2, 0.25) is 0 Å². The molecule has 1 aromatic carbocycles. The number of aliphatic hydroxyl groups is 1. The molecule has 1 saturated carbocycles. The van der Waals surface area contributed by atoms with Crippen molar-refractivity contribution in [2.45, 2.75) is 50.7 Å². The molecular formula is C22H28N4O. The third-order valence-electron chi connectivity index (χ3n) is 6.67. The summed E-state index contributed by atoms with van der Waals surface area (Å²) in [5, 5.41) is 14.5. The highest BCUT2D eigenvalue weighted by Gasteiger charge is 2.43. The first kappa shape index (κ1) is 17.1. The predicted molar refractivity (Wildman–Crippen MR) is 107 cm³/mol. The maximum Gasteiger partial charge on any atom is 0.161 e. The number of fused-ring (bicyclic) bond motifs is 2. The monoisotopic (exact) mass is 364 g/mol. The third-order valence-corrected chi connectivity index (χ3v) is 6.67. The molecule has 2 fully saturated rings. The first-order valence-electron chi connectivity index (χ1n) is 10.4. The number of hydrogen-bond acceptors (Lipinski definition) is 5. The molecule has 1 saturated heterocycles. The zero-order valence-corrected chi connectivity index (χ0v) is 15.8. The minimum absolute atomic E-state index is 0.368. The lowest BCUT2D eigenvalue weighted by atomic mass is 9.71. The summed E-state index contributed by atoms with van der Waals surface area (Å²) in [6.07, 6.45) is 6.34. The van der Waals surface area contributed by atoms with E-state index in [1.54, 1.807) is 0 Å². The van der Waals surface area contributed by atoms with E-state index in [4.69, 9.17) is 9.97 Å². The second kappa shape index (κ2) is 6.88. The van der Waals surface area contributed by atoms with Gasteiger partial charge in [0.1, 0.15) is 5.82 Å². The summed E-state index contributed by atoms with van der Waals surface area (Å²) in [5.41, 5.74) is 3.05. The van der Waals surface area contributed by atoms with Crippen LogP contribution in [0.15, 0.2) is 30.3 Å². The number of rotatable bonds is 2. The molecule has 2 aliphatic heterocycles. The van der Waals surface area contributed by atoms with Gasteiger partial charge in [0.25, 0.3) is 0 Å². The van der Waals surface area contributed by atoms with Crippen LogP contribution in [-0.4, -0.2) is 40.3 Å². The Balaban J connectivity index is 1.53. The quantitative estimate of drug-likeness (QED) is 0.858. The van der Waals surface area contributed by atoms with Gasteiger partial charge in [-0.25, -0.2) is 9.97 Å². The van der Waals surface area contributed by atoms with E-state index in [0.29, 0.717) is 5.92 Å². The molecular weight excluding hydrogens is 336 g/mol. The van der Waals surface area contributed by atoms with Gasteiger partial charge in [-0.15, -0.1) is 0 Å². The minimum Gasteiger partial charge on any atom is -0.389 e. The minimum atomic E-state index is -0.453. The lowest BCUT2D eigenvalue weighted by Gasteiger charge is -2.48. The van der Waals surface area contributed by atoms with Crippen molar-refractivity contribution in [2.24, 2.45) is 5.92 Å². The maximum absolute atomic E-state index is 11.1. The molecule has 142 valence electrons. The van der Waals surface area contributed by atoms with Crippen molar-refractivity contribution in [2.75, 3.05) is 24.5 Å². The van der Waals surface area contributed by atoms with E-state index >= 15 is 0 Å². The van der Waals surface area contributed by atoms with Crippen LogP contribution >= 0.6 is 0 Å². The molecule has 1 aliphatic carbocycles. The number of hydrogen-bond donors (Lipinski definition) is 2. The first-order chi connectivity index (χ1) is 13.2. The normalized spacial score (nSPS) is 27.7. The number of nitrogens with zero attached hydrogens (tertiary/aromatic N) is 3. The van der Waals surface area contributed by atoms with Crippen LogP contribution in [0.25, 0.3) is 11.4 Å². The van der Waals surface area contributed by atoms with E-state index in [1.165, 1.54) is 18.4 Å². The van der Waals surface area contributed by atoms with Crippen molar-refractivity contribution >= 4 is 5.82 Å². The van der Waals surface area contributed by atoms with Crippen LogP contribution in [0.5, 0.6) is 0 Å². The molecule has 5 heteroatoms. The Labute approximate surface area is 160 Å². The summed E-state index contributed by atoms with van der Waals surface area (Å²) < 4.78 is 0. The van der Waals surface area contributed by atoms with Crippen LogP contribution in [0.1, 0.15) is 43.4 Å². The van der Waals surface area contributed by atoms with Gasteiger partial charge in [0.05, 0.1) is 11.3 Å². The van der Waals surface area contributed by atoms with Crippen molar-refractivity contribution in [1.29, 1.82) is 0 Å². The van der Waals surface area contributed by atoms with E-state index in [-0.39, 0.29) is 0 Å². The van der Waals surface area contributed by atoms with Gasteiger partial charge in [-0.2, -0.15) is 0 Å². The molecule has 0 spiro atoms.